The van der Waals surface area contributed by atoms with Crippen LogP contribution in [0.3, 0.4) is 0 Å². The average Bonchev–Trinajstić information content (AvgIpc) is 3.85. The van der Waals surface area contributed by atoms with Crippen molar-refractivity contribution in [3.63, 3.8) is 0 Å². The third-order valence-corrected chi connectivity index (χ3v) is 11.4. The predicted molar refractivity (Wildman–Crippen MR) is 183 cm³/mol. The van der Waals surface area contributed by atoms with Crippen molar-refractivity contribution in [3.05, 3.63) is 77.9 Å². The van der Waals surface area contributed by atoms with E-state index in [4.69, 9.17) is 5.73 Å². The summed E-state index contributed by atoms with van der Waals surface area (Å²) in [4.78, 5) is 27.6. The van der Waals surface area contributed by atoms with E-state index >= 15 is 0 Å². The fourth-order valence-electron chi connectivity index (χ4n) is 6.63. The Hall–Kier alpha value is -4.46. The van der Waals surface area contributed by atoms with Crippen LogP contribution in [0.2, 0.25) is 0 Å². The SMILES string of the molecule is Cc1ccc(S(=O)(=O)N2CCCC2)cc1-c1cccc(CC(NC(=O)C2CCC(CN)CC2)C(=O)Nc2ccc(-c3nn[nH]n3)cc2)c1. The fraction of sp³-hybridized carbons (Fsp3) is 0.400. The topological polar surface area (TPSA) is 176 Å². The van der Waals surface area contributed by atoms with E-state index in [-0.39, 0.29) is 29.0 Å². The van der Waals surface area contributed by atoms with Crippen molar-refractivity contribution < 1.29 is 18.0 Å². The molecule has 1 aliphatic heterocycles. The molecule has 1 atom stereocenters. The summed E-state index contributed by atoms with van der Waals surface area (Å²) in [5, 5.41) is 20.0. The van der Waals surface area contributed by atoms with Crippen molar-refractivity contribution in [2.24, 2.45) is 17.6 Å². The van der Waals surface area contributed by atoms with Gasteiger partial charge >= 0.3 is 0 Å². The van der Waals surface area contributed by atoms with Crippen LogP contribution in [-0.2, 0) is 26.0 Å². The van der Waals surface area contributed by atoms with Crippen molar-refractivity contribution in [2.75, 3.05) is 25.0 Å². The molecule has 3 aromatic carbocycles. The first-order chi connectivity index (χ1) is 23.2. The number of hydrogen-bond donors (Lipinski definition) is 4. The first-order valence-corrected chi connectivity index (χ1v) is 18.0. The summed E-state index contributed by atoms with van der Waals surface area (Å²) in [7, 11) is -3.59. The molecule has 5 N–H and O–H groups in total. The Morgan fingerprint density at radius 1 is 0.979 bits per heavy atom. The molecule has 0 bridgehead atoms. The lowest BCUT2D eigenvalue weighted by atomic mass is 9.81. The number of aryl methyl sites for hydroxylation is 1. The normalized spacial score (nSPS) is 19.1. The number of amides is 2. The van der Waals surface area contributed by atoms with Gasteiger partial charge in [0.2, 0.25) is 27.7 Å². The van der Waals surface area contributed by atoms with Crippen LogP contribution in [0, 0.1) is 18.8 Å². The highest BCUT2D eigenvalue weighted by molar-refractivity contribution is 7.89. The summed E-state index contributed by atoms with van der Waals surface area (Å²) in [6.07, 6.45) is 5.25. The number of H-pyrrole nitrogens is 1. The summed E-state index contributed by atoms with van der Waals surface area (Å²) < 4.78 is 28.2. The summed E-state index contributed by atoms with van der Waals surface area (Å²) >= 11 is 0. The van der Waals surface area contributed by atoms with Crippen LogP contribution in [-0.4, -0.2) is 70.8 Å². The smallest absolute Gasteiger partial charge is 0.247 e. The van der Waals surface area contributed by atoms with Gasteiger partial charge in [-0.2, -0.15) is 9.52 Å². The molecule has 13 heteroatoms. The van der Waals surface area contributed by atoms with Crippen LogP contribution in [0.5, 0.6) is 0 Å². The zero-order chi connectivity index (χ0) is 33.7. The minimum absolute atomic E-state index is 0.134. The Bertz CT molecular complexity index is 1830. The molecule has 4 aromatic rings. The number of carbonyl (C=O) groups excluding carboxylic acids is 2. The molecule has 2 fully saturated rings. The lowest BCUT2D eigenvalue weighted by Gasteiger charge is -2.28. The predicted octanol–water partition coefficient (Wildman–Crippen LogP) is 4.06. The van der Waals surface area contributed by atoms with Crippen LogP contribution in [0.25, 0.3) is 22.5 Å². The van der Waals surface area contributed by atoms with E-state index in [1.165, 1.54) is 0 Å². The maximum absolute atomic E-state index is 13.8. The molecule has 1 aromatic heterocycles. The Morgan fingerprint density at radius 3 is 2.42 bits per heavy atom. The molecule has 2 heterocycles. The van der Waals surface area contributed by atoms with E-state index in [0.717, 1.165) is 66.3 Å². The number of benzene rings is 3. The molecule has 1 aliphatic carbocycles. The van der Waals surface area contributed by atoms with Crippen LogP contribution in [0.1, 0.15) is 49.7 Å². The van der Waals surface area contributed by atoms with Crippen molar-refractivity contribution in [1.82, 2.24) is 30.2 Å². The number of tetrazole rings is 1. The molecular formula is C35H42N8O4S. The number of anilines is 1. The van der Waals surface area contributed by atoms with Crippen molar-refractivity contribution in [3.8, 4) is 22.5 Å². The van der Waals surface area contributed by atoms with E-state index in [1.807, 2.05) is 37.3 Å². The second kappa shape index (κ2) is 14.8. The molecule has 0 radical (unpaired) electrons. The van der Waals surface area contributed by atoms with Gasteiger partial charge in [-0.25, -0.2) is 8.42 Å². The number of aromatic amines is 1. The average molecular weight is 671 g/mol. The van der Waals surface area contributed by atoms with E-state index < -0.39 is 16.1 Å². The number of nitrogens with zero attached hydrogens (tertiary/aromatic N) is 4. The minimum Gasteiger partial charge on any atom is -0.344 e. The summed E-state index contributed by atoms with van der Waals surface area (Å²) in [5.74, 6) is 0.221. The lowest BCUT2D eigenvalue weighted by Crippen LogP contribution is -2.48. The monoisotopic (exact) mass is 670 g/mol. The van der Waals surface area contributed by atoms with Crippen molar-refractivity contribution in [1.29, 1.82) is 0 Å². The number of nitrogens with one attached hydrogen (secondary N) is 3. The first-order valence-electron chi connectivity index (χ1n) is 16.6. The largest absolute Gasteiger partial charge is 0.344 e. The molecule has 1 unspecified atom stereocenters. The van der Waals surface area contributed by atoms with Crippen LogP contribution < -0.4 is 16.4 Å². The van der Waals surface area contributed by atoms with Gasteiger partial charge in [0.15, 0.2) is 0 Å². The zero-order valence-corrected chi connectivity index (χ0v) is 27.9. The number of carbonyl (C=O) groups is 2. The molecule has 48 heavy (non-hydrogen) atoms. The van der Waals surface area contributed by atoms with Gasteiger partial charge in [0.25, 0.3) is 0 Å². The van der Waals surface area contributed by atoms with Crippen LogP contribution in [0.15, 0.2) is 71.6 Å². The maximum atomic E-state index is 13.8. The van der Waals surface area contributed by atoms with Crippen molar-refractivity contribution >= 4 is 27.5 Å². The van der Waals surface area contributed by atoms with Gasteiger partial charge in [-0.3, -0.25) is 9.59 Å². The first kappa shape index (κ1) is 33.4. The summed E-state index contributed by atoms with van der Waals surface area (Å²) in [6, 6.07) is 19.2. The molecule has 6 rings (SSSR count). The highest BCUT2D eigenvalue weighted by Crippen LogP contribution is 2.31. The number of sulfonamides is 1. The highest BCUT2D eigenvalue weighted by Gasteiger charge is 2.30. The van der Waals surface area contributed by atoms with Gasteiger partial charge in [-0.15, -0.1) is 10.2 Å². The summed E-state index contributed by atoms with van der Waals surface area (Å²) in [6.45, 7) is 3.64. The third kappa shape index (κ3) is 7.64. The van der Waals surface area contributed by atoms with E-state index in [9.17, 15) is 18.0 Å². The van der Waals surface area contributed by atoms with Gasteiger partial charge in [-0.1, -0.05) is 30.3 Å². The molecule has 0 spiro atoms. The molecule has 2 amide bonds. The molecule has 2 aliphatic rings. The molecule has 1 saturated carbocycles. The highest BCUT2D eigenvalue weighted by atomic mass is 32.2. The maximum Gasteiger partial charge on any atom is 0.247 e. The Kier molecular flexibility index (Phi) is 10.3. The lowest BCUT2D eigenvalue weighted by molar-refractivity contribution is -0.130. The quantitative estimate of drug-likeness (QED) is 0.185. The van der Waals surface area contributed by atoms with Crippen LogP contribution in [0.4, 0.5) is 5.69 Å². The Morgan fingerprint density at radius 2 is 1.73 bits per heavy atom. The van der Waals surface area contributed by atoms with Gasteiger partial charge in [0.1, 0.15) is 6.04 Å². The number of rotatable bonds is 11. The molecule has 1 saturated heterocycles. The molecular weight excluding hydrogens is 629 g/mol. The van der Waals surface area contributed by atoms with Gasteiger partial charge < -0.3 is 16.4 Å². The minimum atomic E-state index is -3.59. The standard InChI is InChI=1S/C35H42N8O4S/c1-23-7-16-30(48(46,47)43-17-2-3-18-43)21-31(23)28-6-4-5-25(19-28)20-32(38-34(44)27-10-8-24(22-36)9-11-27)35(45)37-29-14-12-26(13-15-29)33-39-41-42-40-33/h4-7,12-16,19,21,24,27,32H,2-3,8-11,17-18,20,22,36H2,1H3,(H,37,45)(H,38,44)(H,39,40,41,42). The zero-order valence-electron chi connectivity index (χ0n) is 27.1. The van der Waals surface area contributed by atoms with E-state index in [0.29, 0.717) is 37.1 Å². The second-order valence-electron chi connectivity index (χ2n) is 12.8. The van der Waals surface area contributed by atoms with E-state index in [2.05, 4.69) is 31.3 Å². The fourth-order valence-corrected chi connectivity index (χ4v) is 8.17. The Balaban J connectivity index is 1.23. The molecule has 12 nitrogen and oxygen atoms in total. The molecule has 252 valence electrons. The number of hydrogen-bond acceptors (Lipinski definition) is 8. The van der Waals surface area contributed by atoms with Gasteiger partial charge in [0.05, 0.1) is 4.90 Å². The van der Waals surface area contributed by atoms with Gasteiger partial charge in [-0.05, 0) is 122 Å². The van der Waals surface area contributed by atoms with Gasteiger partial charge in [0, 0.05) is 36.7 Å². The summed E-state index contributed by atoms with van der Waals surface area (Å²) in [5.41, 5.74) is 10.6. The van der Waals surface area contributed by atoms with Crippen LogP contribution >= 0.6 is 0 Å². The number of aromatic nitrogens is 4. The third-order valence-electron chi connectivity index (χ3n) is 9.53. The second-order valence-corrected chi connectivity index (χ2v) is 14.7. The Labute approximate surface area is 280 Å². The number of nitrogens with two attached hydrogens (primary N) is 1. The van der Waals surface area contributed by atoms with E-state index in [1.54, 1.807) is 40.7 Å². The van der Waals surface area contributed by atoms with Crippen molar-refractivity contribution in [2.45, 2.75) is 62.8 Å².